The lowest BCUT2D eigenvalue weighted by Crippen LogP contribution is -2.55. The molecule has 1 heterocycles. The van der Waals surface area contributed by atoms with Crippen LogP contribution < -0.4 is 10.6 Å². The maximum atomic E-state index is 11.7. The van der Waals surface area contributed by atoms with E-state index in [1.807, 2.05) is 6.92 Å². The van der Waals surface area contributed by atoms with E-state index in [1.165, 1.54) is 0 Å². The molecule has 0 bridgehead atoms. The van der Waals surface area contributed by atoms with Crippen LogP contribution in [0.1, 0.15) is 33.1 Å². The average Bonchev–Trinajstić information content (AvgIpc) is 2.25. The smallest absolute Gasteiger partial charge is 0.326 e. The van der Waals surface area contributed by atoms with Gasteiger partial charge >= 0.3 is 12.0 Å². The number of hydrogen-bond acceptors (Lipinski definition) is 3. The number of amides is 2. The van der Waals surface area contributed by atoms with Crippen LogP contribution in [-0.2, 0) is 9.53 Å². The Kier molecular flexibility index (Phi) is 4.74. The number of aliphatic carboxylic acids is 1. The van der Waals surface area contributed by atoms with E-state index in [9.17, 15) is 9.59 Å². The number of rotatable bonds is 4. The van der Waals surface area contributed by atoms with Gasteiger partial charge in [-0.05, 0) is 26.2 Å². The maximum Gasteiger partial charge on any atom is 0.326 e. The third kappa shape index (κ3) is 4.22. The molecule has 0 aromatic carbocycles. The van der Waals surface area contributed by atoms with Gasteiger partial charge in [-0.2, -0.15) is 0 Å². The number of carboxylic acid groups (broad SMARTS) is 1. The Labute approximate surface area is 101 Å². The Hall–Kier alpha value is -1.30. The van der Waals surface area contributed by atoms with E-state index in [0.29, 0.717) is 19.6 Å². The van der Waals surface area contributed by atoms with Crippen molar-refractivity contribution >= 4 is 12.0 Å². The summed E-state index contributed by atoms with van der Waals surface area (Å²) in [5, 5.41) is 14.1. The van der Waals surface area contributed by atoms with Crippen LogP contribution in [0.2, 0.25) is 0 Å². The molecule has 1 aliphatic heterocycles. The number of hydrogen-bond donors (Lipinski definition) is 3. The van der Waals surface area contributed by atoms with Gasteiger partial charge in [0, 0.05) is 18.8 Å². The lowest BCUT2D eigenvalue weighted by Gasteiger charge is -2.34. The van der Waals surface area contributed by atoms with Crippen molar-refractivity contribution < 1.29 is 19.4 Å². The van der Waals surface area contributed by atoms with Crippen molar-refractivity contribution in [3.63, 3.8) is 0 Å². The molecule has 98 valence electrons. The second-order valence-corrected chi connectivity index (χ2v) is 4.57. The first-order chi connectivity index (χ1) is 7.97. The molecule has 1 atom stereocenters. The largest absolute Gasteiger partial charge is 0.480 e. The molecule has 0 aromatic rings. The van der Waals surface area contributed by atoms with Gasteiger partial charge in [-0.15, -0.1) is 0 Å². The number of carbonyl (C=O) groups excluding carboxylic acids is 1. The number of carboxylic acids is 1. The molecule has 0 radical (unpaired) electrons. The van der Waals surface area contributed by atoms with E-state index in [4.69, 9.17) is 9.84 Å². The fourth-order valence-corrected chi connectivity index (χ4v) is 1.75. The molecule has 0 saturated carbocycles. The van der Waals surface area contributed by atoms with Gasteiger partial charge < -0.3 is 20.5 Å². The predicted octanol–water partition coefficient (Wildman–Crippen LogP) is 0.718. The first-order valence-electron chi connectivity index (χ1n) is 5.86. The minimum atomic E-state index is -1.01. The van der Waals surface area contributed by atoms with Crippen LogP contribution in [0.5, 0.6) is 0 Å². The van der Waals surface area contributed by atoms with Crippen LogP contribution in [0, 0.1) is 0 Å². The van der Waals surface area contributed by atoms with E-state index in [0.717, 1.165) is 12.8 Å². The molecular formula is C11H20N2O4. The SMILES string of the molecule is CC[C@H](NC(=O)NC1(C)CCOCC1)C(=O)O. The number of ether oxygens (including phenoxy) is 1. The zero-order chi connectivity index (χ0) is 12.9. The fourth-order valence-electron chi connectivity index (χ4n) is 1.75. The molecule has 1 saturated heterocycles. The second kappa shape index (κ2) is 5.86. The summed E-state index contributed by atoms with van der Waals surface area (Å²) in [7, 11) is 0. The van der Waals surface area contributed by atoms with E-state index in [-0.39, 0.29) is 5.54 Å². The molecule has 0 unspecified atom stereocenters. The summed E-state index contributed by atoms with van der Waals surface area (Å²) in [6.07, 6.45) is 1.84. The zero-order valence-electron chi connectivity index (χ0n) is 10.3. The predicted molar refractivity (Wildman–Crippen MR) is 61.8 cm³/mol. The highest BCUT2D eigenvalue weighted by atomic mass is 16.5. The molecule has 6 heteroatoms. The molecule has 1 rings (SSSR count). The molecule has 0 spiro atoms. The molecule has 0 aromatic heterocycles. The van der Waals surface area contributed by atoms with Gasteiger partial charge in [0.25, 0.3) is 0 Å². The first kappa shape index (κ1) is 13.8. The van der Waals surface area contributed by atoms with Crippen molar-refractivity contribution in [1.29, 1.82) is 0 Å². The summed E-state index contributed by atoms with van der Waals surface area (Å²) in [5.41, 5.74) is -0.306. The van der Waals surface area contributed by atoms with Crippen LogP contribution in [-0.4, -0.2) is 41.9 Å². The van der Waals surface area contributed by atoms with E-state index >= 15 is 0 Å². The van der Waals surface area contributed by atoms with Gasteiger partial charge in [-0.3, -0.25) is 0 Å². The van der Waals surface area contributed by atoms with Crippen molar-refractivity contribution in [3.8, 4) is 0 Å². The Morgan fingerprint density at radius 1 is 1.41 bits per heavy atom. The summed E-state index contributed by atoms with van der Waals surface area (Å²) in [5.74, 6) is -1.01. The monoisotopic (exact) mass is 244 g/mol. The highest BCUT2D eigenvalue weighted by molar-refractivity contribution is 5.82. The van der Waals surface area contributed by atoms with Gasteiger partial charge in [0.2, 0.25) is 0 Å². The Morgan fingerprint density at radius 3 is 2.47 bits per heavy atom. The van der Waals surface area contributed by atoms with Gasteiger partial charge in [0.15, 0.2) is 0 Å². The summed E-state index contributed by atoms with van der Waals surface area (Å²) in [6, 6.07) is -1.26. The molecule has 1 aliphatic rings. The van der Waals surface area contributed by atoms with Crippen LogP contribution >= 0.6 is 0 Å². The summed E-state index contributed by atoms with van der Waals surface area (Å²) >= 11 is 0. The van der Waals surface area contributed by atoms with Crippen LogP contribution in [0.15, 0.2) is 0 Å². The first-order valence-corrected chi connectivity index (χ1v) is 5.86. The van der Waals surface area contributed by atoms with Crippen molar-refractivity contribution in [2.24, 2.45) is 0 Å². The maximum absolute atomic E-state index is 11.7. The number of nitrogens with one attached hydrogen (secondary N) is 2. The molecule has 6 nitrogen and oxygen atoms in total. The highest BCUT2D eigenvalue weighted by Gasteiger charge is 2.30. The topological polar surface area (TPSA) is 87.7 Å². The third-order valence-electron chi connectivity index (χ3n) is 3.02. The molecule has 1 fully saturated rings. The number of carbonyl (C=O) groups is 2. The van der Waals surface area contributed by atoms with E-state index in [2.05, 4.69) is 10.6 Å². The van der Waals surface area contributed by atoms with Crippen LogP contribution in [0.25, 0.3) is 0 Å². The third-order valence-corrected chi connectivity index (χ3v) is 3.02. The van der Waals surface area contributed by atoms with Crippen LogP contribution in [0.4, 0.5) is 4.79 Å². The van der Waals surface area contributed by atoms with Gasteiger partial charge in [-0.1, -0.05) is 6.92 Å². The lowest BCUT2D eigenvalue weighted by atomic mass is 9.93. The van der Waals surface area contributed by atoms with E-state index in [1.54, 1.807) is 6.92 Å². The second-order valence-electron chi connectivity index (χ2n) is 4.57. The van der Waals surface area contributed by atoms with E-state index < -0.39 is 18.0 Å². The van der Waals surface area contributed by atoms with Crippen molar-refractivity contribution in [1.82, 2.24) is 10.6 Å². The fraction of sp³-hybridized carbons (Fsp3) is 0.818. The Balaban J connectivity index is 2.45. The Bertz CT molecular complexity index is 287. The van der Waals surface area contributed by atoms with Gasteiger partial charge in [-0.25, -0.2) is 9.59 Å². The standard InChI is InChI=1S/C11H20N2O4/c1-3-8(9(14)15)12-10(16)13-11(2)4-6-17-7-5-11/h8H,3-7H2,1-2H3,(H,14,15)(H2,12,13,16)/t8-/m0/s1. The van der Waals surface area contributed by atoms with Crippen LogP contribution in [0.3, 0.4) is 0 Å². The molecule has 2 amide bonds. The zero-order valence-corrected chi connectivity index (χ0v) is 10.3. The molecule has 0 aliphatic carbocycles. The Morgan fingerprint density at radius 2 is 2.00 bits per heavy atom. The minimum absolute atomic E-state index is 0.306. The lowest BCUT2D eigenvalue weighted by molar-refractivity contribution is -0.139. The molecule has 17 heavy (non-hydrogen) atoms. The number of urea groups is 1. The molecular weight excluding hydrogens is 224 g/mol. The summed E-state index contributed by atoms with van der Waals surface area (Å²) in [6.45, 7) is 4.89. The average molecular weight is 244 g/mol. The van der Waals surface area contributed by atoms with Crippen molar-refractivity contribution in [2.75, 3.05) is 13.2 Å². The van der Waals surface area contributed by atoms with Crippen molar-refractivity contribution in [2.45, 2.75) is 44.7 Å². The summed E-state index contributed by atoms with van der Waals surface area (Å²) in [4.78, 5) is 22.4. The van der Waals surface area contributed by atoms with Crippen molar-refractivity contribution in [3.05, 3.63) is 0 Å². The quantitative estimate of drug-likeness (QED) is 0.680. The molecule has 3 N–H and O–H groups in total. The van der Waals surface area contributed by atoms with Gasteiger partial charge in [0.05, 0.1) is 0 Å². The highest BCUT2D eigenvalue weighted by Crippen LogP contribution is 2.19. The summed E-state index contributed by atoms with van der Waals surface area (Å²) < 4.78 is 5.22. The van der Waals surface area contributed by atoms with Gasteiger partial charge in [0.1, 0.15) is 6.04 Å². The minimum Gasteiger partial charge on any atom is -0.480 e. The normalized spacial score (nSPS) is 20.4.